The molecule has 1 aliphatic rings. The highest BCUT2D eigenvalue weighted by Crippen LogP contribution is 2.28. The number of ether oxygens (including phenoxy) is 1. The van der Waals surface area contributed by atoms with Crippen molar-refractivity contribution in [3.05, 3.63) is 58.2 Å². The van der Waals surface area contributed by atoms with E-state index in [1.54, 1.807) is 13.2 Å². The fourth-order valence-corrected chi connectivity index (χ4v) is 4.30. The monoisotopic (exact) mass is 531 g/mol. The second-order valence-corrected chi connectivity index (χ2v) is 9.00. The molecule has 2 aromatic carbocycles. The number of hydrogen-bond donors (Lipinski definition) is 1. The number of nitrogens with zero attached hydrogens (tertiary/aromatic N) is 4. The highest BCUT2D eigenvalue weighted by atomic mass is 35.5. The number of methoxy groups -OCH3 is 1. The van der Waals surface area contributed by atoms with Gasteiger partial charge in [0, 0.05) is 17.3 Å². The van der Waals surface area contributed by atoms with E-state index in [1.807, 2.05) is 30.3 Å². The van der Waals surface area contributed by atoms with Crippen molar-refractivity contribution in [2.75, 3.05) is 25.5 Å². The third-order valence-corrected chi connectivity index (χ3v) is 6.26. The Balaban J connectivity index is 0.00000216. The standard InChI is InChI=1S/C26H26ClN5O.2ClH/c1-26(2,32-12-4-5-13-32)11-10-23-20-8-6-18(16-28)14-21(20)25(31-30-23)29-17-19-7-9-24(33-3)22(27)15-19;;/h6-9,14-15H,4-5,12-13,17H2,1-3H3,(H,29,31);2*1H. The van der Waals surface area contributed by atoms with Gasteiger partial charge in [0.25, 0.3) is 0 Å². The number of rotatable bonds is 5. The van der Waals surface area contributed by atoms with Gasteiger partial charge in [-0.3, -0.25) is 4.90 Å². The Kier molecular flexibility index (Phi) is 10.0. The highest BCUT2D eigenvalue weighted by molar-refractivity contribution is 6.32. The van der Waals surface area contributed by atoms with Crippen LogP contribution in [0.25, 0.3) is 10.8 Å². The average Bonchev–Trinajstić information content (AvgIpc) is 3.37. The first kappa shape index (κ1) is 28.5. The maximum Gasteiger partial charge on any atom is 0.156 e. The lowest BCUT2D eigenvalue weighted by Gasteiger charge is -2.30. The fourth-order valence-electron chi connectivity index (χ4n) is 4.02. The number of hydrogen-bond acceptors (Lipinski definition) is 6. The number of likely N-dealkylation sites (tertiary alicyclic amines) is 1. The van der Waals surface area contributed by atoms with E-state index < -0.39 is 0 Å². The zero-order valence-corrected chi connectivity index (χ0v) is 22.3. The van der Waals surface area contributed by atoms with Gasteiger partial charge in [0.15, 0.2) is 5.82 Å². The second kappa shape index (κ2) is 12.3. The number of aromatic nitrogens is 2. The van der Waals surface area contributed by atoms with Crippen LogP contribution < -0.4 is 10.1 Å². The van der Waals surface area contributed by atoms with Gasteiger partial charge in [0.1, 0.15) is 11.4 Å². The number of halogens is 3. The summed E-state index contributed by atoms with van der Waals surface area (Å²) < 4.78 is 5.22. The molecule has 4 rings (SSSR count). The molecule has 184 valence electrons. The van der Waals surface area contributed by atoms with Gasteiger partial charge in [0.05, 0.1) is 29.3 Å². The highest BCUT2D eigenvalue weighted by Gasteiger charge is 2.27. The second-order valence-electron chi connectivity index (χ2n) is 8.60. The zero-order valence-electron chi connectivity index (χ0n) is 19.9. The van der Waals surface area contributed by atoms with Gasteiger partial charge < -0.3 is 10.1 Å². The Morgan fingerprint density at radius 3 is 2.49 bits per heavy atom. The predicted molar refractivity (Wildman–Crippen MR) is 146 cm³/mol. The van der Waals surface area contributed by atoms with Crippen molar-refractivity contribution in [1.82, 2.24) is 15.1 Å². The van der Waals surface area contributed by atoms with E-state index in [1.165, 1.54) is 12.8 Å². The van der Waals surface area contributed by atoms with Gasteiger partial charge in [-0.25, -0.2) is 0 Å². The van der Waals surface area contributed by atoms with Crippen LogP contribution in [0.4, 0.5) is 5.82 Å². The molecule has 1 aromatic heterocycles. The summed E-state index contributed by atoms with van der Waals surface area (Å²) in [4.78, 5) is 2.40. The van der Waals surface area contributed by atoms with Crippen molar-refractivity contribution >= 4 is 53.0 Å². The molecule has 1 fully saturated rings. The number of benzene rings is 2. The molecule has 0 bridgehead atoms. The third-order valence-electron chi connectivity index (χ3n) is 5.97. The largest absolute Gasteiger partial charge is 0.495 e. The molecule has 1 saturated heterocycles. The van der Waals surface area contributed by atoms with Crippen molar-refractivity contribution in [2.24, 2.45) is 0 Å². The van der Waals surface area contributed by atoms with Gasteiger partial charge in [0.2, 0.25) is 0 Å². The molecule has 2 heterocycles. The van der Waals surface area contributed by atoms with E-state index in [9.17, 15) is 5.26 Å². The van der Waals surface area contributed by atoms with Crippen LogP contribution in [-0.4, -0.2) is 40.8 Å². The Morgan fingerprint density at radius 1 is 1.09 bits per heavy atom. The Morgan fingerprint density at radius 2 is 1.83 bits per heavy atom. The fraction of sp³-hybridized carbons (Fsp3) is 0.346. The van der Waals surface area contributed by atoms with Crippen LogP contribution >= 0.6 is 36.4 Å². The first-order valence-electron chi connectivity index (χ1n) is 11.0. The maximum atomic E-state index is 9.41. The smallest absolute Gasteiger partial charge is 0.156 e. The van der Waals surface area contributed by atoms with Crippen molar-refractivity contribution in [2.45, 2.75) is 38.8 Å². The summed E-state index contributed by atoms with van der Waals surface area (Å²) in [6.45, 7) is 6.92. The van der Waals surface area contributed by atoms with Gasteiger partial charge in [-0.1, -0.05) is 29.7 Å². The summed E-state index contributed by atoms with van der Waals surface area (Å²) in [7, 11) is 1.59. The molecule has 0 unspecified atom stereocenters. The van der Waals surface area contributed by atoms with Crippen LogP contribution in [0.5, 0.6) is 5.75 Å². The topological polar surface area (TPSA) is 74.1 Å². The quantitative estimate of drug-likeness (QED) is 0.416. The first-order chi connectivity index (χ1) is 15.9. The van der Waals surface area contributed by atoms with E-state index in [-0.39, 0.29) is 30.4 Å². The van der Waals surface area contributed by atoms with Crippen LogP contribution in [-0.2, 0) is 6.54 Å². The van der Waals surface area contributed by atoms with E-state index in [0.29, 0.717) is 34.4 Å². The van der Waals surface area contributed by atoms with Crippen LogP contribution in [0.1, 0.15) is 43.5 Å². The Labute approximate surface area is 223 Å². The van der Waals surface area contributed by atoms with Gasteiger partial charge in [-0.2, -0.15) is 5.26 Å². The molecule has 0 spiro atoms. The summed E-state index contributed by atoms with van der Waals surface area (Å²) in [6, 6.07) is 13.3. The molecule has 3 aromatic rings. The van der Waals surface area contributed by atoms with E-state index in [0.717, 1.165) is 29.4 Å². The van der Waals surface area contributed by atoms with E-state index in [2.05, 4.69) is 52.2 Å². The van der Waals surface area contributed by atoms with E-state index >= 15 is 0 Å². The van der Waals surface area contributed by atoms with Crippen molar-refractivity contribution < 1.29 is 4.74 Å². The summed E-state index contributed by atoms with van der Waals surface area (Å²) in [6.07, 6.45) is 2.43. The summed E-state index contributed by atoms with van der Waals surface area (Å²) in [5.41, 5.74) is 1.91. The SMILES string of the molecule is COc1ccc(CNc2nnc(C#CC(C)(C)N3CCCC3)c3ccc(C#N)cc23)cc1Cl.Cl.Cl. The third kappa shape index (κ3) is 6.48. The van der Waals surface area contributed by atoms with E-state index in [4.69, 9.17) is 16.3 Å². The molecule has 35 heavy (non-hydrogen) atoms. The average molecular weight is 533 g/mol. The molecule has 0 radical (unpaired) electrons. The predicted octanol–water partition coefficient (Wildman–Crippen LogP) is 5.85. The van der Waals surface area contributed by atoms with Crippen molar-refractivity contribution in [3.8, 4) is 23.7 Å². The van der Waals surface area contributed by atoms with Crippen LogP contribution in [0, 0.1) is 23.2 Å². The molecule has 1 N–H and O–H groups in total. The molecule has 6 nitrogen and oxygen atoms in total. The minimum atomic E-state index is -0.234. The molecular weight excluding hydrogens is 505 g/mol. The minimum Gasteiger partial charge on any atom is -0.495 e. The van der Waals surface area contributed by atoms with Gasteiger partial charge in [-0.05, 0) is 75.5 Å². The Hall–Kier alpha value is -2.74. The van der Waals surface area contributed by atoms with Crippen LogP contribution in [0.3, 0.4) is 0 Å². The minimum absolute atomic E-state index is 0. The molecule has 0 amide bonds. The van der Waals surface area contributed by atoms with Gasteiger partial charge >= 0.3 is 0 Å². The normalized spacial score (nSPS) is 13.1. The maximum absolute atomic E-state index is 9.41. The lowest BCUT2D eigenvalue weighted by Crippen LogP contribution is -2.40. The number of nitrogens with one attached hydrogen (secondary N) is 1. The van der Waals surface area contributed by atoms with Crippen LogP contribution in [0.2, 0.25) is 5.02 Å². The zero-order chi connectivity index (χ0) is 23.4. The molecule has 0 saturated carbocycles. The van der Waals surface area contributed by atoms with Crippen LogP contribution in [0.15, 0.2) is 36.4 Å². The molecule has 0 aliphatic carbocycles. The number of nitriles is 1. The lowest BCUT2D eigenvalue weighted by molar-refractivity contribution is 0.214. The molecule has 1 aliphatic heterocycles. The van der Waals surface area contributed by atoms with Crippen molar-refractivity contribution in [1.29, 1.82) is 5.26 Å². The number of anilines is 1. The first-order valence-corrected chi connectivity index (χ1v) is 11.3. The lowest BCUT2D eigenvalue weighted by atomic mass is 10.0. The van der Waals surface area contributed by atoms with Gasteiger partial charge in [-0.15, -0.1) is 35.0 Å². The Bertz CT molecular complexity index is 1290. The molecule has 9 heteroatoms. The molecule has 0 atom stereocenters. The summed E-state index contributed by atoms with van der Waals surface area (Å²) >= 11 is 6.25. The number of fused-ring (bicyclic) bond motifs is 1. The summed E-state index contributed by atoms with van der Waals surface area (Å²) in [5.74, 6) is 7.87. The molecular formula is C26H28Cl3N5O. The van der Waals surface area contributed by atoms with Crippen molar-refractivity contribution in [3.63, 3.8) is 0 Å². The summed E-state index contributed by atoms with van der Waals surface area (Å²) in [5, 5.41) is 23.8.